The van der Waals surface area contributed by atoms with Crippen molar-refractivity contribution in [3.05, 3.63) is 24.2 Å². The van der Waals surface area contributed by atoms with Crippen LogP contribution < -0.4 is 10.0 Å². The summed E-state index contributed by atoms with van der Waals surface area (Å²) in [4.78, 5) is 0. The van der Waals surface area contributed by atoms with E-state index in [-0.39, 0.29) is 6.04 Å². The van der Waals surface area contributed by atoms with Crippen LogP contribution in [0.25, 0.3) is 0 Å². The van der Waals surface area contributed by atoms with Crippen LogP contribution in [0.1, 0.15) is 38.5 Å². The zero-order valence-electron chi connectivity index (χ0n) is 10.7. The van der Waals surface area contributed by atoms with Gasteiger partial charge in [0, 0.05) is 12.6 Å². The van der Waals surface area contributed by atoms with Gasteiger partial charge in [0.05, 0.1) is 17.6 Å². The van der Waals surface area contributed by atoms with E-state index in [1.54, 1.807) is 26.0 Å². The lowest BCUT2D eigenvalue weighted by Crippen LogP contribution is -2.40. The second-order valence-electron chi connectivity index (χ2n) is 4.89. The molecule has 5 nitrogen and oxygen atoms in total. The summed E-state index contributed by atoms with van der Waals surface area (Å²) >= 11 is 0. The molecule has 1 heterocycles. The Kier molecular flexibility index (Phi) is 4.09. The van der Waals surface area contributed by atoms with Crippen molar-refractivity contribution in [3.8, 4) is 0 Å². The largest absolute Gasteiger partial charge is 0.468 e. The minimum atomic E-state index is -3.33. The first-order valence-electron chi connectivity index (χ1n) is 6.27. The number of furan rings is 1. The highest BCUT2D eigenvalue weighted by molar-refractivity contribution is 7.90. The van der Waals surface area contributed by atoms with Gasteiger partial charge in [0.2, 0.25) is 10.0 Å². The van der Waals surface area contributed by atoms with E-state index in [9.17, 15) is 8.42 Å². The zero-order chi connectivity index (χ0) is 13.2. The van der Waals surface area contributed by atoms with Crippen molar-refractivity contribution < 1.29 is 12.8 Å². The van der Waals surface area contributed by atoms with Crippen molar-refractivity contribution in [3.63, 3.8) is 0 Å². The van der Waals surface area contributed by atoms with Crippen LogP contribution >= 0.6 is 0 Å². The normalized spacial score (nSPS) is 19.7. The summed E-state index contributed by atoms with van der Waals surface area (Å²) in [6, 6.07) is 3.69. The van der Waals surface area contributed by atoms with Gasteiger partial charge in [-0.3, -0.25) is 0 Å². The molecule has 1 fully saturated rings. The van der Waals surface area contributed by atoms with Gasteiger partial charge in [0.25, 0.3) is 0 Å². The molecule has 18 heavy (non-hydrogen) atoms. The lowest BCUT2D eigenvalue weighted by molar-refractivity contribution is 0.456. The van der Waals surface area contributed by atoms with Crippen LogP contribution in [0.5, 0.6) is 0 Å². The van der Waals surface area contributed by atoms with Crippen molar-refractivity contribution in [2.24, 2.45) is 0 Å². The van der Waals surface area contributed by atoms with Gasteiger partial charge in [-0.15, -0.1) is 0 Å². The van der Waals surface area contributed by atoms with Gasteiger partial charge in [0.1, 0.15) is 5.76 Å². The zero-order valence-corrected chi connectivity index (χ0v) is 11.5. The Hall–Kier alpha value is -0.850. The summed E-state index contributed by atoms with van der Waals surface area (Å²) in [7, 11) is -3.33. The fraction of sp³-hybridized carbons (Fsp3) is 0.667. The monoisotopic (exact) mass is 272 g/mol. The Balaban J connectivity index is 1.88. The van der Waals surface area contributed by atoms with Gasteiger partial charge >= 0.3 is 0 Å². The lowest BCUT2D eigenvalue weighted by atomic mass is 10.3. The van der Waals surface area contributed by atoms with Gasteiger partial charge in [-0.2, -0.15) is 0 Å². The molecule has 1 saturated carbocycles. The molecule has 0 aromatic carbocycles. The van der Waals surface area contributed by atoms with E-state index in [1.165, 1.54) is 6.26 Å². The topological polar surface area (TPSA) is 71.3 Å². The van der Waals surface area contributed by atoms with Crippen molar-refractivity contribution >= 4 is 10.0 Å². The molecule has 1 aromatic rings. The molecule has 0 saturated heterocycles. The van der Waals surface area contributed by atoms with Gasteiger partial charge in [-0.1, -0.05) is 0 Å². The quantitative estimate of drug-likeness (QED) is 0.787. The molecule has 6 heteroatoms. The van der Waals surface area contributed by atoms with Crippen LogP contribution in [0.3, 0.4) is 0 Å². The van der Waals surface area contributed by atoms with Gasteiger partial charge < -0.3 is 9.73 Å². The second-order valence-corrected chi connectivity index (χ2v) is 7.02. The first kappa shape index (κ1) is 13.6. The molecule has 0 radical (unpaired) electrons. The third-order valence-corrected chi connectivity index (χ3v) is 5.02. The van der Waals surface area contributed by atoms with E-state index in [0.29, 0.717) is 18.3 Å². The Bertz CT molecular complexity index is 466. The van der Waals surface area contributed by atoms with E-state index < -0.39 is 15.3 Å². The Morgan fingerprint density at radius 3 is 2.72 bits per heavy atom. The van der Waals surface area contributed by atoms with Crippen LogP contribution in [0.15, 0.2) is 22.8 Å². The Morgan fingerprint density at radius 2 is 2.17 bits per heavy atom. The molecule has 0 spiro atoms. The summed E-state index contributed by atoms with van der Waals surface area (Å²) in [5, 5.41) is 2.78. The fourth-order valence-electron chi connectivity index (χ4n) is 1.69. The molecule has 1 aliphatic rings. The highest BCUT2D eigenvalue weighted by Crippen LogP contribution is 2.19. The second kappa shape index (κ2) is 5.42. The Morgan fingerprint density at radius 1 is 1.44 bits per heavy atom. The van der Waals surface area contributed by atoms with E-state index in [0.717, 1.165) is 12.8 Å². The average molecular weight is 272 g/mol. The molecule has 102 valence electrons. The molecular formula is C12H20N2O3S. The molecule has 2 N–H and O–H groups in total. The minimum absolute atomic E-state index is 0.339. The fourth-order valence-corrected chi connectivity index (χ4v) is 2.84. The van der Waals surface area contributed by atoms with Crippen LogP contribution in [0, 0.1) is 0 Å². The van der Waals surface area contributed by atoms with Gasteiger partial charge in [0.15, 0.2) is 0 Å². The number of nitrogens with one attached hydrogen (secondary N) is 2. The minimum Gasteiger partial charge on any atom is -0.468 e. The van der Waals surface area contributed by atoms with Crippen molar-refractivity contribution in [1.82, 2.24) is 10.0 Å². The first-order valence-corrected chi connectivity index (χ1v) is 7.81. The average Bonchev–Trinajstić information content (AvgIpc) is 2.96. The van der Waals surface area contributed by atoms with Crippen LogP contribution in [-0.2, 0) is 10.0 Å². The number of hydrogen-bond acceptors (Lipinski definition) is 4. The Labute approximate surface area is 108 Å². The SMILES string of the molecule is CC(NS(=O)(=O)C(C)CNC1CC1)c1ccco1. The summed E-state index contributed by atoms with van der Waals surface area (Å²) in [6.45, 7) is 3.98. The molecule has 1 aliphatic carbocycles. The highest BCUT2D eigenvalue weighted by atomic mass is 32.2. The molecule has 0 amide bonds. The maximum Gasteiger partial charge on any atom is 0.216 e. The smallest absolute Gasteiger partial charge is 0.216 e. The van der Waals surface area contributed by atoms with E-state index in [2.05, 4.69) is 10.0 Å². The predicted octanol–water partition coefficient (Wildman–Crippen LogP) is 1.40. The van der Waals surface area contributed by atoms with E-state index >= 15 is 0 Å². The summed E-state index contributed by atoms with van der Waals surface area (Å²) in [6.07, 6.45) is 3.85. The van der Waals surface area contributed by atoms with Crippen molar-refractivity contribution in [2.75, 3.05) is 6.54 Å². The predicted molar refractivity (Wildman–Crippen MR) is 69.7 cm³/mol. The molecule has 1 aromatic heterocycles. The third kappa shape index (κ3) is 3.57. The standard InChI is InChI=1S/C12H20N2O3S/c1-9(8-13-11-5-6-11)18(15,16)14-10(2)12-4-3-7-17-12/h3-4,7,9-11,13-14H,5-6,8H2,1-2H3. The van der Waals surface area contributed by atoms with Crippen molar-refractivity contribution in [1.29, 1.82) is 0 Å². The molecular weight excluding hydrogens is 252 g/mol. The summed E-state index contributed by atoms with van der Waals surface area (Å²) < 4.78 is 32.0. The molecule has 2 unspecified atom stereocenters. The number of sulfonamides is 1. The van der Waals surface area contributed by atoms with E-state index in [4.69, 9.17) is 4.42 Å². The first-order chi connectivity index (χ1) is 8.49. The molecule has 0 bridgehead atoms. The molecule has 0 aliphatic heterocycles. The maximum atomic E-state index is 12.1. The van der Waals surface area contributed by atoms with Crippen LogP contribution in [-0.4, -0.2) is 26.3 Å². The van der Waals surface area contributed by atoms with Crippen molar-refractivity contribution in [2.45, 2.75) is 44.0 Å². The lowest BCUT2D eigenvalue weighted by Gasteiger charge is -2.17. The maximum absolute atomic E-state index is 12.1. The van der Waals surface area contributed by atoms with E-state index in [1.807, 2.05) is 0 Å². The van der Waals surface area contributed by atoms with Gasteiger partial charge in [-0.05, 0) is 38.8 Å². The molecule has 2 atom stereocenters. The van der Waals surface area contributed by atoms with Crippen LogP contribution in [0.4, 0.5) is 0 Å². The number of hydrogen-bond donors (Lipinski definition) is 2. The number of rotatable bonds is 7. The highest BCUT2D eigenvalue weighted by Gasteiger charge is 2.27. The third-order valence-electron chi connectivity index (χ3n) is 3.11. The summed E-state index contributed by atoms with van der Waals surface area (Å²) in [5.74, 6) is 0.626. The molecule has 2 rings (SSSR count). The van der Waals surface area contributed by atoms with Gasteiger partial charge in [-0.25, -0.2) is 13.1 Å². The van der Waals surface area contributed by atoms with Crippen LogP contribution in [0.2, 0.25) is 0 Å². The summed E-state index contributed by atoms with van der Waals surface area (Å²) in [5.41, 5.74) is 0.